The number of halogens is 2. The van der Waals surface area contributed by atoms with Gasteiger partial charge in [0.05, 0.1) is 6.54 Å². The summed E-state index contributed by atoms with van der Waals surface area (Å²) in [6.07, 6.45) is 6.43. The van der Waals surface area contributed by atoms with Gasteiger partial charge in [-0.1, -0.05) is 36.4 Å². The number of ketones is 1. The van der Waals surface area contributed by atoms with Crippen LogP contribution < -0.4 is 0 Å². The highest BCUT2D eigenvalue weighted by Gasteiger charge is 2.28. The molecule has 2 aromatic rings. The lowest BCUT2D eigenvalue weighted by Gasteiger charge is -2.14. The van der Waals surface area contributed by atoms with Crippen LogP contribution in [0.2, 0.25) is 0 Å². The largest absolute Gasteiger partial charge is 0.288 e. The van der Waals surface area contributed by atoms with E-state index in [1.807, 2.05) is 30.3 Å². The molecule has 5 heteroatoms. The molecule has 2 aromatic carbocycles. The molecule has 0 saturated carbocycles. The van der Waals surface area contributed by atoms with Crippen LogP contribution in [-0.2, 0) is 4.79 Å². The maximum atomic E-state index is 14.1. The van der Waals surface area contributed by atoms with Crippen molar-refractivity contribution in [2.45, 2.75) is 12.0 Å². The molecule has 0 amide bonds. The molecule has 0 saturated heterocycles. The van der Waals surface area contributed by atoms with Crippen LogP contribution >= 0.6 is 0 Å². The third-order valence-corrected chi connectivity index (χ3v) is 4.69. The average Bonchev–Trinajstić information content (AvgIpc) is 3.08. The predicted molar refractivity (Wildman–Crippen MR) is 101 cm³/mol. The molecule has 27 heavy (non-hydrogen) atoms. The van der Waals surface area contributed by atoms with Crippen molar-refractivity contribution in [3.63, 3.8) is 0 Å². The fourth-order valence-corrected chi connectivity index (χ4v) is 3.34. The molecular formula is C22H16F2N2O. The van der Waals surface area contributed by atoms with E-state index in [-0.39, 0.29) is 23.9 Å². The second-order valence-electron chi connectivity index (χ2n) is 6.42. The molecule has 2 aliphatic rings. The van der Waals surface area contributed by atoms with Crippen LogP contribution in [0.1, 0.15) is 23.1 Å². The number of carbonyl (C=O) groups is 1. The summed E-state index contributed by atoms with van der Waals surface area (Å²) in [5.41, 5.74) is 2.20. The van der Waals surface area contributed by atoms with Crippen molar-refractivity contribution < 1.29 is 13.6 Å². The highest BCUT2D eigenvalue weighted by Crippen LogP contribution is 2.32. The summed E-state index contributed by atoms with van der Waals surface area (Å²) in [7, 11) is 0. The van der Waals surface area contributed by atoms with Crippen molar-refractivity contribution in [3.05, 3.63) is 95.1 Å². The Labute approximate surface area is 155 Å². The molecule has 2 unspecified atom stereocenters. The average molecular weight is 362 g/mol. The predicted octanol–water partition coefficient (Wildman–Crippen LogP) is 4.38. The Morgan fingerprint density at radius 3 is 2.67 bits per heavy atom. The van der Waals surface area contributed by atoms with E-state index in [2.05, 4.69) is 9.98 Å². The molecule has 134 valence electrons. The first-order chi connectivity index (χ1) is 13.1. The first-order valence-corrected chi connectivity index (χ1v) is 8.64. The van der Waals surface area contributed by atoms with Gasteiger partial charge in [-0.25, -0.2) is 8.78 Å². The van der Waals surface area contributed by atoms with Crippen LogP contribution in [-0.4, -0.2) is 24.3 Å². The summed E-state index contributed by atoms with van der Waals surface area (Å²) in [6.45, 7) is 0.163. The third kappa shape index (κ3) is 3.40. The number of benzene rings is 2. The molecule has 3 nitrogen and oxygen atoms in total. The topological polar surface area (TPSA) is 41.8 Å². The van der Waals surface area contributed by atoms with Gasteiger partial charge in [0, 0.05) is 17.7 Å². The second-order valence-corrected chi connectivity index (χ2v) is 6.42. The quantitative estimate of drug-likeness (QED) is 0.799. The van der Waals surface area contributed by atoms with Crippen molar-refractivity contribution in [1.29, 1.82) is 0 Å². The number of nitrogens with zero attached hydrogens (tertiary/aromatic N) is 2. The molecule has 4 rings (SSSR count). The first kappa shape index (κ1) is 17.2. The van der Waals surface area contributed by atoms with Crippen LogP contribution in [0.5, 0.6) is 0 Å². The summed E-state index contributed by atoms with van der Waals surface area (Å²) >= 11 is 0. The van der Waals surface area contributed by atoms with E-state index < -0.39 is 17.6 Å². The van der Waals surface area contributed by atoms with Gasteiger partial charge >= 0.3 is 0 Å². The number of allylic oxidation sites excluding steroid dienone is 2. The lowest BCUT2D eigenvalue weighted by Crippen LogP contribution is -2.17. The molecule has 0 radical (unpaired) electrons. The number of hydrogen-bond acceptors (Lipinski definition) is 3. The van der Waals surface area contributed by atoms with E-state index in [0.29, 0.717) is 5.71 Å². The summed E-state index contributed by atoms with van der Waals surface area (Å²) in [5, 5.41) is 0. The van der Waals surface area contributed by atoms with E-state index in [1.165, 1.54) is 6.08 Å². The zero-order valence-electron chi connectivity index (χ0n) is 14.3. The van der Waals surface area contributed by atoms with Gasteiger partial charge < -0.3 is 0 Å². The smallest absolute Gasteiger partial charge is 0.203 e. The molecule has 0 fully saturated rings. The Hall–Kier alpha value is -3.21. The zero-order chi connectivity index (χ0) is 18.8. The highest BCUT2D eigenvalue weighted by molar-refractivity contribution is 6.50. The maximum absolute atomic E-state index is 14.1. The SMILES string of the molecule is O=C1C=CC(c2cc(F)ccc2F)CN=C1C1=CC=NC1c1ccccc1. The minimum Gasteiger partial charge on any atom is -0.288 e. The summed E-state index contributed by atoms with van der Waals surface area (Å²) < 4.78 is 27.6. The van der Waals surface area contributed by atoms with E-state index in [4.69, 9.17) is 0 Å². The molecule has 2 atom stereocenters. The number of carbonyl (C=O) groups excluding carboxylic acids is 1. The normalized spacial score (nSPS) is 21.8. The van der Waals surface area contributed by atoms with Gasteiger partial charge in [0.1, 0.15) is 23.4 Å². The van der Waals surface area contributed by atoms with Crippen molar-refractivity contribution in [2.75, 3.05) is 6.54 Å². The molecule has 0 bridgehead atoms. The zero-order valence-corrected chi connectivity index (χ0v) is 14.3. The first-order valence-electron chi connectivity index (χ1n) is 8.64. The minimum absolute atomic E-state index is 0.163. The van der Waals surface area contributed by atoms with E-state index >= 15 is 0 Å². The fourth-order valence-electron chi connectivity index (χ4n) is 3.34. The summed E-state index contributed by atoms with van der Waals surface area (Å²) in [5.74, 6) is -1.79. The fraction of sp³-hybridized carbons (Fsp3) is 0.136. The molecule has 0 aliphatic carbocycles. The van der Waals surface area contributed by atoms with E-state index in [1.54, 1.807) is 18.4 Å². The minimum atomic E-state index is -0.518. The Kier molecular flexibility index (Phi) is 4.59. The molecule has 2 heterocycles. The standard InChI is InChI=1S/C22H16F2N2O/c23-16-7-8-19(24)18(12-16)15-6-9-20(27)22(26-13-15)17-10-11-25-21(17)14-4-2-1-3-5-14/h1-12,15,21H,13H2. The van der Waals surface area contributed by atoms with Crippen LogP contribution in [0.4, 0.5) is 8.78 Å². The third-order valence-electron chi connectivity index (χ3n) is 4.69. The van der Waals surface area contributed by atoms with Crippen molar-refractivity contribution in [2.24, 2.45) is 9.98 Å². The van der Waals surface area contributed by atoms with Gasteiger partial charge in [-0.05, 0) is 41.5 Å². The van der Waals surface area contributed by atoms with Crippen molar-refractivity contribution in [3.8, 4) is 0 Å². The van der Waals surface area contributed by atoms with Gasteiger partial charge in [-0.15, -0.1) is 0 Å². The van der Waals surface area contributed by atoms with Gasteiger partial charge in [-0.3, -0.25) is 14.8 Å². The number of aliphatic imine (C=N–C) groups is 2. The Bertz CT molecular complexity index is 1010. The lowest BCUT2D eigenvalue weighted by molar-refractivity contribution is -0.108. The number of rotatable bonds is 3. The molecule has 0 spiro atoms. The van der Waals surface area contributed by atoms with E-state index in [0.717, 1.165) is 29.3 Å². The maximum Gasteiger partial charge on any atom is 0.203 e. The molecule has 0 aromatic heterocycles. The number of hydrogen-bond donors (Lipinski definition) is 0. The molecule has 2 aliphatic heterocycles. The lowest BCUT2D eigenvalue weighted by atomic mass is 9.94. The van der Waals surface area contributed by atoms with Gasteiger partial charge in [0.2, 0.25) is 5.78 Å². The Balaban J connectivity index is 1.65. The molecule has 0 N–H and O–H groups in total. The summed E-state index contributed by atoms with van der Waals surface area (Å²) in [4.78, 5) is 21.5. The van der Waals surface area contributed by atoms with Crippen LogP contribution in [0.3, 0.4) is 0 Å². The van der Waals surface area contributed by atoms with Crippen LogP contribution in [0, 0.1) is 11.6 Å². The van der Waals surface area contributed by atoms with E-state index in [9.17, 15) is 13.6 Å². The Morgan fingerprint density at radius 1 is 1.04 bits per heavy atom. The van der Waals surface area contributed by atoms with Gasteiger partial charge in [-0.2, -0.15) is 0 Å². The van der Waals surface area contributed by atoms with Gasteiger partial charge in [0.25, 0.3) is 0 Å². The summed E-state index contributed by atoms with van der Waals surface area (Å²) in [6, 6.07) is 12.7. The van der Waals surface area contributed by atoms with Crippen molar-refractivity contribution >= 4 is 17.7 Å². The molecular weight excluding hydrogens is 346 g/mol. The van der Waals surface area contributed by atoms with Gasteiger partial charge in [0.15, 0.2) is 0 Å². The van der Waals surface area contributed by atoms with Crippen LogP contribution in [0.25, 0.3) is 0 Å². The Morgan fingerprint density at radius 2 is 1.85 bits per heavy atom. The highest BCUT2D eigenvalue weighted by atomic mass is 19.1. The monoisotopic (exact) mass is 362 g/mol. The van der Waals surface area contributed by atoms with Crippen molar-refractivity contribution in [1.82, 2.24) is 0 Å². The van der Waals surface area contributed by atoms with Crippen LogP contribution in [0.15, 0.2) is 82.3 Å². The second kappa shape index (κ2) is 7.19.